The zero-order chi connectivity index (χ0) is 13.7. The van der Waals surface area contributed by atoms with Crippen molar-refractivity contribution in [2.45, 2.75) is 19.9 Å². The number of halogens is 2. The molecule has 0 spiro atoms. The average Bonchev–Trinajstić information content (AvgIpc) is 2.31. The zero-order valence-corrected chi connectivity index (χ0v) is 12.9. The lowest BCUT2D eigenvalue weighted by Crippen LogP contribution is -2.41. The van der Waals surface area contributed by atoms with E-state index in [0.717, 1.165) is 0 Å². The highest BCUT2D eigenvalue weighted by molar-refractivity contribution is 9.10. The van der Waals surface area contributed by atoms with Crippen molar-refractivity contribution in [1.82, 2.24) is 10.3 Å². The number of nitrogens with zero attached hydrogens (tertiary/aromatic N) is 1. The molecule has 0 saturated heterocycles. The summed E-state index contributed by atoms with van der Waals surface area (Å²) in [5.41, 5.74) is 0.354. The molecule has 1 aromatic rings. The minimum Gasteiger partial charge on any atom is -0.383 e. The van der Waals surface area contributed by atoms with Crippen LogP contribution in [0.15, 0.2) is 16.7 Å². The van der Waals surface area contributed by atoms with Gasteiger partial charge >= 0.3 is 0 Å². The fraction of sp³-hybridized carbons (Fsp3) is 0.500. The van der Waals surface area contributed by atoms with Crippen molar-refractivity contribution in [1.29, 1.82) is 0 Å². The fourth-order valence-electron chi connectivity index (χ4n) is 1.41. The lowest BCUT2D eigenvalue weighted by molar-refractivity contribution is 0.0866. The number of carbonyl (C=O) groups is 1. The van der Waals surface area contributed by atoms with Gasteiger partial charge < -0.3 is 10.1 Å². The summed E-state index contributed by atoms with van der Waals surface area (Å²) in [6, 6.07) is 1.59. The van der Waals surface area contributed by atoms with Gasteiger partial charge in [0.1, 0.15) is 5.15 Å². The van der Waals surface area contributed by atoms with Crippen LogP contribution in [0.25, 0.3) is 0 Å². The number of pyridine rings is 1. The van der Waals surface area contributed by atoms with Crippen LogP contribution in [-0.2, 0) is 4.74 Å². The first-order valence-corrected chi connectivity index (χ1v) is 6.73. The Hall–Kier alpha value is -0.650. The number of ether oxygens (including phenoxy) is 1. The number of carbonyl (C=O) groups excluding carboxylic acids is 1. The molecule has 4 nitrogen and oxygen atoms in total. The Morgan fingerprint density at radius 1 is 1.61 bits per heavy atom. The van der Waals surface area contributed by atoms with Crippen molar-refractivity contribution in [3.8, 4) is 0 Å². The molecule has 1 amide bonds. The van der Waals surface area contributed by atoms with E-state index < -0.39 is 0 Å². The summed E-state index contributed by atoms with van der Waals surface area (Å²) in [5, 5.41) is 3.08. The topological polar surface area (TPSA) is 51.2 Å². The molecule has 18 heavy (non-hydrogen) atoms. The quantitative estimate of drug-likeness (QED) is 0.842. The van der Waals surface area contributed by atoms with Crippen LogP contribution in [0.5, 0.6) is 0 Å². The Morgan fingerprint density at radius 2 is 2.28 bits per heavy atom. The second-order valence-electron chi connectivity index (χ2n) is 4.27. The highest BCUT2D eigenvalue weighted by Crippen LogP contribution is 2.18. The van der Waals surface area contributed by atoms with Crippen LogP contribution in [0.3, 0.4) is 0 Å². The molecule has 0 saturated carbocycles. The predicted octanol–water partition coefficient (Wildman–Crippen LogP) is 2.90. The molecule has 1 N–H and O–H groups in total. The smallest absolute Gasteiger partial charge is 0.254 e. The average molecular weight is 336 g/mol. The number of methoxy groups -OCH3 is 1. The van der Waals surface area contributed by atoms with Gasteiger partial charge in [0, 0.05) is 17.8 Å². The first-order valence-electron chi connectivity index (χ1n) is 5.56. The summed E-state index contributed by atoms with van der Waals surface area (Å²) in [4.78, 5) is 16.0. The summed E-state index contributed by atoms with van der Waals surface area (Å²) < 4.78 is 5.80. The summed E-state index contributed by atoms with van der Waals surface area (Å²) >= 11 is 9.17. The summed E-state index contributed by atoms with van der Waals surface area (Å²) in [6.45, 7) is 4.50. The van der Waals surface area contributed by atoms with Crippen LogP contribution in [0.1, 0.15) is 24.2 Å². The fourth-order valence-corrected chi connectivity index (χ4v) is 1.93. The Bertz CT molecular complexity index is 427. The van der Waals surface area contributed by atoms with Gasteiger partial charge in [0.15, 0.2) is 0 Å². The van der Waals surface area contributed by atoms with Crippen molar-refractivity contribution in [3.63, 3.8) is 0 Å². The van der Waals surface area contributed by atoms with Gasteiger partial charge in [-0.15, -0.1) is 0 Å². The van der Waals surface area contributed by atoms with Gasteiger partial charge in [0.2, 0.25) is 0 Å². The third kappa shape index (κ3) is 4.23. The summed E-state index contributed by atoms with van der Waals surface area (Å²) in [7, 11) is 1.61. The zero-order valence-electron chi connectivity index (χ0n) is 10.5. The lowest BCUT2D eigenvalue weighted by Gasteiger charge is -2.21. The van der Waals surface area contributed by atoms with Crippen LogP contribution in [0, 0.1) is 5.92 Å². The van der Waals surface area contributed by atoms with Crippen molar-refractivity contribution >= 4 is 33.4 Å². The molecular weight excluding hydrogens is 320 g/mol. The normalized spacial score (nSPS) is 12.6. The number of nitrogens with one attached hydrogen (secondary N) is 1. The molecular formula is C12H16BrClN2O2. The Balaban J connectivity index is 2.83. The Morgan fingerprint density at radius 3 is 2.83 bits per heavy atom. The predicted molar refractivity (Wildman–Crippen MR) is 74.9 cm³/mol. The van der Waals surface area contributed by atoms with E-state index in [9.17, 15) is 4.79 Å². The molecule has 0 aliphatic carbocycles. The Labute approximate surface area is 120 Å². The Kier molecular flexibility index (Phi) is 6.05. The summed E-state index contributed by atoms with van der Waals surface area (Å²) in [6.07, 6.45) is 1.55. The minimum absolute atomic E-state index is 0.0578. The number of amides is 1. The van der Waals surface area contributed by atoms with Crippen molar-refractivity contribution in [3.05, 3.63) is 27.5 Å². The van der Waals surface area contributed by atoms with Crippen molar-refractivity contribution < 1.29 is 9.53 Å². The van der Waals surface area contributed by atoms with Gasteiger partial charge in [-0.25, -0.2) is 4.98 Å². The number of hydrogen-bond acceptors (Lipinski definition) is 3. The van der Waals surface area contributed by atoms with Crippen LogP contribution in [0.2, 0.25) is 5.15 Å². The maximum Gasteiger partial charge on any atom is 0.254 e. The van der Waals surface area contributed by atoms with Gasteiger partial charge in [-0.1, -0.05) is 25.4 Å². The van der Waals surface area contributed by atoms with Crippen molar-refractivity contribution in [2.75, 3.05) is 13.7 Å². The molecule has 0 radical (unpaired) electrons. The van der Waals surface area contributed by atoms with E-state index in [2.05, 4.69) is 26.2 Å². The molecule has 0 bridgehead atoms. The number of aromatic nitrogens is 1. The van der Waals surface area contributed by atoms with E-state index in [1.807, 2.05) is 13.8 Å². The minimum atomic E-state index is -0.246. The van der Waals surface area contributed by atoms with E-state index in [1.54, 1.807) is 19.4 Å². The third-order valence-electron chi connectivity index (χ3n) is 2.52. The molecule has 1 atom stereocenters. The number of rotatable bonds is 5. The number of hydrogen-bond donors (Lipinski definition) is 1. The molecule has 1 rings (SSSR count). The van der Waals surface area contributed by atoms with Crippen LogP contribution in [0.4, 0.5) is 0 Å². The molecule has 6 heteroatoms. The maximum absolute atomic E-state index is 12.1. The van der Waals surface area contributed by atoms with E-state index in [4.69, 9.17) is 16.3 Å². The van der Waals surface area contributed by atoms with E-state index in [-0.39, 0.29) is 23.0 Å². The summed E-state index contributed by atoms with van der Waals surface area (Å²) in [5.74, 6) is 0.0253. The van der Waals surface area contributed by atoms with Crippen LogP contribution < -0.4 is 5.32 Å². The van der Waals surface area contributed by atoms with Crippen molar-refractivity contribution in [2.24, 2.45) is 5.92 Å². The first-order chi connectivity index (χ1) is 8.45. The molecule has 0 aliphatic heterocycles. The van der Waals surface area contributed by atoms with Gasteiger partial charge in [-0.2, -0.15) is 0 Å². The van der Waals surface area contributed by atoms with E-state index in [0.29, 0.717) is 16.6 Å². The van der Waals surface area contributed by atoms with E-state index >= 15 is 0 Å². The lowest BCUT2D eigenvalue weighted by atomic mass is 10.0. The first kappa shape index (κ1) is 15.4. The molecule has 1 unspecified atom stereocenters. The molecule has 1 aromatic heterocycles. The van der Waals surface area contributed by atoms with Gasteiger partial charge in [0.25, 0.3) is 5.91 Å². The van der Waals surface area contributed by atoms with Crippen LogP contribution in [-0.4, -0.2) is 30.6 Å². The SMILES string of the molecule is COCC(NC(=O)c1cc(Br)cnc1Cl)C(C)C. The highest BCUT2D eigenvalue weighted by Gasteiger charge is 2.19. The largest absolute Gasteiger partial charge is 0.383 e. The maximum atomic E-state index is 12.1. The molecule has 0 aliphatic rings. The van der Waals surface area contributed by atoms with Gasteiger partial charge in [0.05, 0.1) is 18.2 Å². The second kappa shape index (κ2) is 7.07. The third-order valence-corrected chi connectivity index (χ3v) is 3.25. The van der Waals surface area contributed by atoms with Crippen LogP contribution >= 0.6 is 27.5 Å². The molecule has 0 fully saturated rings. The monoisotopic (exact) mass is 334 g/mol. The van der Waals surface area contributed by atoms with E-state index in [1.165, 1.54) is 0 Å². The highest BCUT2D eigenvalue weighted by atomic mass is 79.9. The van der Waals surface area contributed by atoms with Gasteiger partial charge in [-0.05, 0) is 27.9 Å². The molecule has 1 heterocycles. The second-order valence-corrected chi connectivity index (χ2v) is 5.54. The molecule has 100 valence electrons. The van der Waals surface area contributed by atoms with Gasteiger partial charge in [-0.3, -0.25) is 4.79 Å². The molecule has 0 aromatic carbocycles. The standard InChI is InChI=1S/C12H16BrClN2O2/c1-7(2)10(6-18-3)16-12(17)9-4-8(13)5-15-11(9)14/h4-5,7,10H,6H2,1-3H3,(H,16,17).